The fraction of sp³-hybridized carbons (Fsp3) is 0. The molecule has 2 aromatic heterocycles. The lowest BCUT2D eigenvalue weighted by Crippen LogP contribution is -1.91. The Balaban J connectivity index is 1.74. The zero-order chi connectivity index (χ0) is 22.9. The van der Waals surface area contributed by atoms with Crippen LogP contribution in [-0.4, -0.2) is 24.8 Å². The summed E-state index contributed by atoms with van der Waals surface area (Å²) in [5.74, 6) is 0.625. The minimum Gasteiger partial charge on any atom is -0.360 e. The van der Waals surface area contributed by atoms with E-state index in [1.807, 2.05) is 24.4 Å². The smallest absolute Gasteiger partial charge is 0.270 e. The SMILES string of the molecule is O=[N+]([O-])c1ccc2c(c1)c1cc([N+](=O)[O-])ccc1c1[nH]c(-c3c[nH]c4ccc(Br)cc34)nc21. The van der Waals surface area contributed by atoms with E-state index in [1.54, 1.807) is 12.1 Å². The largest absolute Gasteiger partial charge is 0.360 e. The van der Waals surface area contributed by atoms with Gasteiger partial charge in [0, 0.05) is 62.2 Å². The maximum absolute atomic E-state index is 11.4. The molecule has 4 aromatic carbocycles. The number of aromatic nitrogens is 3. The Bertz CT molecular complexity index is 1710. The van der Waals surface area contributed by atoms with Crippen molar-refractivity contribution in [2.45, 2.75) is 0 Å². The number of H-pyrrole nitrogens is 2. The molecule has 0 aliphatic rings. The van der Waals surface area contributed by atoms with E-state index in [1.165, 1.54) is 24.3 Å². The summed E-state index contributed by atoms with van der Waals surface area (Å²) in [6, 6.07) is 14.9. The second-order valence-corrected chi connectivity index (χ2v) is 8.59. The average molecular weight is 502 g/mol. The van der Waals surface area contributed by atoms with Crippen molar-refractivity contribution in [2.24, 2.45) is 0 Å². The van der Waals surface area contributed by atoms with Gasteiger partial charge in [-0.1, -0.05) is 15.9 Å². The summed E-state index contributed by atoms with van der Waals surface area (Å²) in [6.45, 7) is 0. The molecule has 0 amide bonds. The predicted molar refractivity (Wildman–Crippen MR) is 129 cm³/mol. The molecule has 6 rings (SSSR count). The average Bonchev–Trinajstić information content (AvgIpc) is 3.42. The highest BCUT2D eigenvalue weighted by atomic mass is 79.9. The van der Waals surface area contributed by atoms with Gasteiger partial charge in [-0.25, -0.2) is 4.98 Å². The van der Waals surface area contributed by atoms with Crippen molar-refractivity contribution in [1.29, 1.82) is 0 Å². The minimum absolute atomic E-state index is 0.0872. The van der Waals surface area contributed by atoms with Gasteiger partial charge < -0.3 is 9.97 Å². The third kappa shape index (κ3) is 2.88. The third-order valence-corrected chi connectivity index (χ3v) is 6.34. The van der Waals surface area contributed by atoms with E-state index in [0.717, 1.165) is 20.9 Å². The van der Waals surface area contributed by atoms with Gasteiger partial charge in [-0.15, -0.1) is 0 Å². The molecule has 0 fully saturated rings. The summed E-state index contributed by atoms with van der Waals surface area (Å²) in [4.78, 5) is 33.3. The van der Waals surface area contributed by atoms with E-state index < -0.39 is 9.85 Å². The third-order valence-electron chi connectivity index (χ3n) is 5.85. The van der Waals surface area contributed by atoms with Crippen molar-refractivity contribution in [3.8, 4) is 11.4 Å². The fourth-order valence-electron chi connectivity index (χ4n) is 4.34. The van der Waals surface area contributed by atoms with Crippen LogP contribution in [0.15, 0.2) is 65.3 Å². The molecule has 0 saturated heterocycles. The molecule has 0 spiro atoms. The molecule has 9 nitrogen and oxygen atoms in total. The second-order valence-electron chi connectivity index (χ2n) is 7.68. The van der Waals surface area contributed by atoms with Gasteiger partial charge in [0.2, 0.25) is 0 Å². The molecule has 33 heavy (non-hydrogen) atoms. The Hall–Kier alpha value is -4.31. The highest BCUT2D eigenvalue weighted by molar-refractivity contribution is 9.10. The quantitative estimate of drug-likeness (QED) is 0.160. The number of non-ortho nitro benzene ring substituents is 2. The summed E-state index contributed by atoms with van der Waals surface area (Å²) in [7, 11) is 0. The zero-order valence-corrected chi connectivity index (χ0v) is 18.2. The maximum atomic E-state index is 11.4. The number of benzene rings is 4. The second kappa shape index (κ2) is 6.84. The van der Waals surface area contributed by atoms with Crippen LogP contribution in [0.3, 0.4) is 0 Å². The molecule has 2 heterocycles. The zero-order valence-electron chi connectivity index (χ0n) is 16.6. The van der Waals surface area contributed by atoms with E-state index in [9.17, 15) is 20.2 Å². The highest BCUT2D eigenvalue weighted by Gasteiger charge is 2.19. The minimum atomic E-state index is -0.480. The molecule has 0 saturated carbocycles. The Morgan fingerprint density at radius 3 is 2.15 bits per heavy atom. The van der Waals surface area contributed by atoms with E-state index in [-0.39, 0.29) is 11.4 Å². The summed E-state index contributed by atoms with van der Waals surface area (Å²) in [5.41, 5.74) is 2.99. The van der Waals surface area contributed by atoms with Crippen LogP contribution in [0, 0.1) is 20.2 Å². The molecule has 2 N–H and O–H groups in total. The fourth-order valence-corrected chi connectivity index (χ4v) is 4.70. The number of nitro groups is 2. The molecule has 0 unspecified atom stereocenters. The van der Waals surface area contributed by atoms with Gasteiger partial charge in [0.05, 0.1) is 20.9 Å². The van der Waals surface area contributed by atoms with Crippen molar-refractivity contribution >= 4 is 70.8 Å². The van der Waals surface area contributed by atoms with Crippen molar-refractivity contribution in [2.75, 3.05) is 0 Å². The number of nitro benzene ring substituents is 2. The van der Waals surface area contributed by atoms with E-state index in [0.29, 0.717) is 38.4 Å². The van der Waals surface area contributed by atoms with Gasteiger partial charge in [-0.3, -0.25) is 20.2 Å². The Labute approximate surface area is 192 Å². The van der Waals surface area contributed by atoms with Crippen molar-refractivity contribution in [3.05, 3.63) is 85.5 Å². The predicted octanol–water partition coefficient (Wildman–Crippen LogP) is 6.60. The van der Waals surface area contributed by atoms with Gasteiger partial charge in [0.15, 0.2) is 0 Å². The van der Waals surface area contributed by atoms with Crippen LogP contribution in [0.25, 0.3) is 54.9 Å². The van der Waals surface area contributed by atoms with E-state index in [4.69, 9.17) is 4.98 Å². The molecule has 160 valence electrons. The van der Waals surface area contributed by atoms with Gasteiger partial charge in [-0.05, 0) is 41.1 Å². The molecule has 0 atom stereocenters. The van der Waals surface area contributed by atoms with Crippen LogP contribution < -0.4 is 0 Å². The van der Waals surface area contributed by atoms with Crippen LogP contribution >= 0.6 is 15.9 Å². The Morgan fingerprint density at radius 2 is 1.45 bits per heavy atom. The lowest BCUT2D eigenvalue weighted by Gasteiger charge is -2.06. The van der Waals surface area contributed by atoms with E-state index >= 15 is 0 Å². The van der Waals surface area contributed by atoms with Crippen LogP contribution in [0.1, 0.15) is 0 Å². The number of nitrogens with zero attached hydrogens (tertiary/aromatic N) is 3. The van der Waals surface area contributed by atoms with E-state index in [2.05, 4.69) is 25.9 Å². The van der Waals surface area contributed by atoms with Crippen molar-refractivity contribution < 1.29 is 9.85 Å². The van der Waals surface area contributed by atoms with Crippen molar-refractivity contribution in [3.63, 3.8) is 0 Å². The number of rotatable bonds is 3. The normalized spacial score (nSPS) is 11.7. The van der Waals surface area contributed by atoms with Crippen molar-refractivity contribution in [1.82, 2.24) is 15.0 Å². The van der Waals surface area contributed by atoms with Gasteiger partial charge in [0.25, 0.3) is 11.4 Å². The van der Waals surface area contributed by atoms with Crippen LogP contribution in [0.5, 0.6) is 0 Å². The molecular formula is C23H12BrN5O4. The molecule has 0 radical (unpaired) electrons. The molecule has 0 bridgehead atoms. The Morgan fingerprint density at radius 1 is 0.788 bits per heavy atom. The summed E-state index contributed by atoms with van der Waals surface area (Å²) < 4.78 is 0.933. The molecular weight excluding hydrogens is 490 g/mol. The highest BCUT2D eigenvalue weighted by Crippen LogP contribution is 2.39. The summed E-state index contributed by atoms with van der Waals surface area (Å²) >= 11 is 3.51. The first-order valence-corrected chi connectivity index (χ1v) is 10.6. The number of nitrogens with one attached hydrogen (secondary N) is 2. The number of fused-ring (bicyclic) bond motifs is 7. The van der Waals surface area contributed by atoms with Gasteiger partial charge in [-0.2, -0.15) is 0 Å². The standard InChI is InChI=1S/C23H12BrN5O4/c24-11-1-6-20-18(7-11)19(10-25-20)23-26-21-14-4-2-12(28(30)31)8-16(14)17-9-13(29(32)33)3-5-15(17)22(21)27-23/h1-10,25H,(H,26,27). The first-order valence-electron chi connectivity index (χ1n) is 9.86. The molecule has 0 aliphatic heterocycles. The first-order chi connectivity index (χ1) is 15.9. The first kappa shape index (κ1) is 19.4. The summed E-state index contributed by atoms with van der Waals surface area (Å²) in [5, 5.41) is 26.2. The maximum Gasteiger partial charge on any atom is 0.270 e. The number of hydrogen-bond acceptors (Lipinski definition) is 5. The molecule has 6 aromatic rings. The lowest BCUT2D eigenvalue weighted by atomic mass is 9.99. The van der Waals surface area contributed by atoms with Gasteiger partial charge >= 0.3 is 0 Å². The number of aromatic amines is 2. The Kier molecular flexibility index (Phi) is 4.02. The number of hydrogen-bond donors (Lipinski definition) is 2. The number of halogens is 1. The van der Waals surface area contributed by atoms with Crippen LogP contribution in [0.2, 0.25) is 0 Å². The monoisotopic (exact) mass is 501 g/mol. The molecule has 10 heteroatoms. The number of imidazole rings is 1. The molecule has 0 aliphatic carbocycles. The van der Waals surface area contributed by atoms with Crippen LogP contribution in [0.4, 0.5) is 11.4 Å². The lowest BCUT2D eigenvalue weighted by molar-refractivity contribution is -0.385. The summed E-state index contributed by atoms with van der Waals surface area (Å²) in [6.07, 6.45) is 1.87. The van der Waals surface area contributed by atoms with Crippen LogP contribution in [-0.2, 0) is 0 Å². The topological polar surface area (TPSA) is 131 Å². The van der Waals surface area contributed by atoms with Gasteiger partial charge in [0.1, 0.15) is 5.82 Å².